The average Bonchev–Trinajstić information content (AvgIpc) is 2.85. The summed E-state index contributed by atoms with van der Waals surface area (Å²) in [5.74, 6) is 0.827. The molecule has 0 saturated heterocycles. The maximum Gasteiger partial charge on any atom is 0.133 e. The number of aromatic nitrogens is 2. The van der Waals surface area contributed by atoms with Crippen LogP contribution in [0, 0.1) is 6.92 Å². The van der Waals surface area contributed by atoms with Crippen molar-refractivity contribution < 1.29 is 4.52 Å². The molecule has 5 heteroatoms. The number of nitrogens with zero attached hydrogens (tertiary/aromatic N) is 3. The molecule has 108 valence electrons. The Morgan fingerprint density at radius 1 is 1.35 bits per heavy atom. The number of hydrogen-bond acceptors (Lipinski definition) is 5. The highest BCUT2D eigenvalue weighted by molar-refractivity contribution is 5.18. The highest BCUT2D eigenvalue weighted by atomic mass is 16.5. The number of likely N-dealkylation sites (N-methyl/N-ethyl adjacent to an activating group) is 1. The molecule has 2 N–H and O–H groups in total. The summed E-state index contributed by atoms with van der Waals surface area (Å²) in [5.41, 5.74) is 8.40. The molecule has 2 aromatic rings. The van der Waals surface area contributed by atoms with E-state index in [9.17, 15) is 0 Å². The molecular formula is C15H22N4O. The first-order valence-electron chi connectivity index (χ1n) is 6.89. The van der Waals surface area contributed by atoms with Gasteiger partial charge in [0.1, 0.15) is 5.76 Å². The summed E-state index contributed by atoms with van der Waals surface area (Å²) < 4.78 is 5.12. The van der Waals surface area contributed by atoms with Crippen molar-refractivity contribution in [1.29, 1.82) is 0 Å². The Bertz CT molecular complexity index is 526. The minimum Gasteiger partial charge on any atom is -0.361 e. The fraction of sp³-hybridized carbons (Fsp3) is 0.467. The molecule has 0 bridgehead atoms. The van der Waals surface area contributed by atoms with Crippen molar-refractivity contribution in [2.75, 3.05) is 7.05 Å². The Morgan fingerprint density at radius 3 is 2.60 bits per heavy atom. The van der Waals surface area contributed by atoms with Gasteiger partial charge in [0.25, 0.3) is 0 Å². The highest BCUT2D eigenvalue weighted by Crippen LogP contribution is 2.24. The van der Waals surface area contributed by atoms with Crippen LogP contribution in [0.5, 0.6) is 0 Å². The van der Waals surface area contributed by atoms with Crippen LogP contribution in [0.25, 0.3) is 0 Å². The normalized spacial score (nSPS) is 14.4. The van der Waals surface area contributed by atoms with Gasteiger partial charge in [-0.25, -0.2) is 0 Å². The van der Waals surface area contributed by atoms with Crippen molar-refractivity contribution in [3.8, 4) is 0 Å². The molecule has 2 unspecified atom stereocenters. The zero-order valence-electron chi connectivity index (χ0n) is 12.3. The molecule has 0 aromatic carbocycles. The molecule has 2 aromatic heterocycles. The molecule has 0 saturated carbocycles. The first kappa shape index (κ1) is 14.7. The van der Waals surface area contributed by atoms with Crippen molar-refractivity contribution in [1.82, 2.24) is 15.0 Å². The monoisotopic (exact) mass is 274 g/mol. The van der Waals surface area contributed by atoms with E-state index < -0.39 is 0 Å². The Labute approximate surface area is 119 Å². The van der Waals surface area contributed by atoms with Gasteiger partial charge in [0.15, 0.2) is 0 Å². The molecule has 0 aliphatic heterocycles. The van der Waals surface area contributed by atoms with Crippen molar-refractivity contribution in [2.45, 2.75) is 38.9 Å². The van der Waals surface area contributed by atoms with Crippen molar-refractivity contribution in [3.63, 3.8) is 0 Å². The zero-order valence-corrected chi connectivity index (χ0v) is 12.3. The van der Waals surface area contributed by atoms with Crippen LogP contribution < -0.4 is 5.73 Å². The van der Waals surface area contributed by atoms with E-state index in [1.54, 1.807) is 12.4 Å². The lowest BCUT2D eigenvalue weighted by Crippen LogP contribution is -2.38. The Kier molecular flexibility index (Phi) is 4.87. The SMILES string of the molecule is CCC(N)C(c1ccncc1)N(C)Cc1cc(C)on1. The predicted molar refractivity (Wildman–Crippen MR) is 78.0 cm³/mol. The molecule has 5 nitrogen and oxygen atoms in total. The lowest BCUT2D eigenvalue weighted by Gasteiger charge is -2.32. The van der Waals surface area contributed by atoms with Gasteiger partial charge >= 0.3 is 0 Å². The van der Waals surface area contributed by atoms with E-state index in [4.69, 9.17) is 10.3 Å². The summed E-state index contributed by atoms with van der Waals surface area (Å²) in [6, 6.07) is 6.20. The van der Waals surface area contributed by atoms with Crippen LogP contribution in [0.1, 0.15) is 36.4 Å². The summed E-state index contributed by atoms with van der Waals surface area (Å²) in [6.45, 7) is 4.71. The fourth-order valence-corrected chi connectivity index (χ4v) is 2.46. The maximum atomic E-state index is 6.30. The average molecular weight is 274 g/mol. The Hall–Kier alpha value is -1.72. The van der Waals surface area contributed by atoms with Crippen LogP contribution in [0.15, 0.2) is 35.1 Å². The van der Waals surface area contributed by atoms with E-state index in [1.165, 1.54) is 5.56 Å². The van der Waals surface area contributed by atoms with E-state index in [-0.39, 0.29) is 12.1 Å². The molecule has 0 radical (unpaired) electrons. The highest BCUT2D eigenvalue weighted by Gasteiger charge is 2.23. The molecule has 0 spiro atoms. The number of nitrogens with two attached hydrogens (primary N) is 1. The third-order valence-corrected chi connectivity index (χ3v) is 3.49. The predicted octanol–water partition coefficient (Wildman–Crippen LogP) is 2.29. The zero-order chi connectivity index (χ0) is 14.5. The molecule has 20 heavy (non-hydrogen) atoms. The van der Waals surface area contributed by atoms with E-state index in [0.717, 1.165) is 17.9 Å². The van der Waals surface area contributed by atoms with Crippen molar-refractivity contribution >= 4 is 0 Å². The summed E-state index contributed by atoms with van der Waals surface area (Å²) >= 11 is 0. The molecule has 2 rings (SSSR count). The molecule has 2 heterocycles. The van der Waals surface area contributed by atoms with Crippen LogP contribution in [0.2, 0.25) is 0 Å². The Morgan fingerprint density at radius 2 is 2.05 bits per heavy atom. The second-order valence-corrected chi connectivity index (χ2v) is 5.14. The molecule has 0 amide bonds. The van der Waals surface area contributed by atoms with E-state index in [2.05, 4.69) is 29.0 Å². The third kappa shape index (κ3) is 3.43. The number of hydrogen-bond donors (Lipinski definition) is 1. The van der Waals surface area contributed by atoms with Crippen LogP contribution in [0.4, 0.5) is 0 Å². The van der Waals surface area contributed by atoms with E-state index in [1.807, 2.05) is 25.1 Å². The summed E-state index contributed by atoms with van der Waals surface area (Å²) in [4.78, 5) is 6.28. The van der Waals surface area contributed by atoms with Gasteiger partial charge in [-0.1, -0.05) is 12.1 Å². The van der Waals surface area contributed by atoms with Crippen LogP contribution >= 0.6 is 0 Å². The first-order valence-corrected chi connectivity index (χ1v) is 6.89. The van der Waals surface area contributed by atoms with Gasteiger partial charge in [0.2, 0.25) is 0 Å². The second kappa shape index (κ2) is 6.63. The second-order valence-electron chi connectivity index (χ2n) is 5.14. The van der Waals surface area contributed by atoms with Gasteiger partial charge in [-0.15, -0.1) is 0 Å². The van der Waals surface area contributed by atoms with Gasteiger partial charge < -0.3 is 10.3 Å². The van der Waals surface area contributed by atoms with E-state index >= 15 is 0 Å². The minimum absolute atomic E-state index is 0.0652. The first-order chi connectivity index (χ1) is 9.61. The van der Waals surface area contributed by atoms with Gasteiger partial charge in [-0.05, 0) is 38.1 Å². The van der Waals surface area contributed by atoms with Crippen LogP contribution in [0.3, 0.4) is 0 Å². The van der Waals surface area contributed by atoms with Crippen LogP contribution in [-0.4, -0.2) is 28.1 Å². The smallest absolute Gasteiger partial charge is 0.133 e. The largest absolute Gasteiger partial charge is 0.361 e. The van der Waals surface area contributed by atoms with Gasteiger partial charge in [-0.3, -0.25) is 9.88 Å². The number of pyridine rings is 1. The molecule has 0 fully saturated rings. The fourth-order valence-electron chi connectivity index (χ4n) is 2.46. The third-order valence-electron chi connectivity index (χ3n) is 3.49. The standard InChI is InChI=1S/C15H22N4O/c1-4-14(16)15(12-5-7-17-8-6-12)19(3)10-13-9-11(2)20-18-13/h5-9,14-15H,4,10,16H2,1-3H3. The molecule has 0 aliphatic rings. The lowest BCUT2D eigenvalue weighted by molar-refractivity contribution is 0.196. The number of aryl methyl sites for hydroxylation is 1. The maximum absolute atomic E-state index is 6.30. The molecule has 2 atom stereocenters. The molecule has 0 aliphatic carbocycles. The topological polar surface area (TPSA) is 68.2 Å². The van der Waals surface area contributed by atoms with Gasteiger partial charge in [-0.2, -0.15) is 0 Å². The summed E-state index contributed by atoms with van der Waals surface area (Å²) in [7, 11) is 2.06. The summed E-state index contributed by atoms with van der Waals surface area (Å²) in [6.07, 6.45) is 4.52. The van der Waals surface area contributed by atoms with Gasteiger partial charge in [0.05, 0.1) is 11.7 Å². The van der Waals surface area contributed by atoms with E-state index in [0.29, 0.717) is 6.54 Å². The minimum atomic E-state index is 0.0652. The molecular weight excluding hydrogens is 252 g/mol. The van der Waals surface area contributed by atoms with Crippen molar-refractivity contribution in [3.05, 3.63) is 47.6 Å². The Balaban J connectivity index is 2.18. The van der Waals surface area contributed by atoms with Gasteiger partial charge in [0, 0.05) is 31.0 Å². The van der Waals surface area contributed by atoms with Crippen LogP contribution in [-0.2, 0) is 6.54 Å². The lowest BCUT2D eigenvalue weighted by atomic mass is 9.97. The summed E-state index contributed by atoms with van der Waals surface area (Å²) in [5, 5.41) is 4.05. The quantitative estimate of drug-likeness (QED) is 0.875. The number of rotatable bonds is 6. The van der Waals surface area contributed by atoms with Crippen molar-refractivity contribution in [2.24, 2.45) is 5.73 Å².